The molecule has 5 heteroatoms. The number of nitrogens with zero attached hydrogens (tertiary/aromatic N) is 3. The van der Waals surface area contributed by atoms with E-state index in [9.17, 15) is 0 Å². The number of rotatable bonds is 4. The highest BCUT2D eigenvalue weighted by atomic mass is 16.5. The summed E-state index contributed by atoms with van der Waals surface area (Å²) in [4.78, 5) is 7.17. The first-order chi connectivity index (χ1) is 12.7. The molecule has 1 aliphatic rings. The zero-order valence-corrected chi connectivity index (χ0v) is 15.2. The quantitative estimate of drug-likeness (QED) is 0.766. The fourth-order valence-electron chi connectivity index (χ4n) is 3.39. The largest absolute Gasteiger partial charge is 0.497 e. The van der Waals surface area contributed by atoms with E-state index >= 15 is 0 Å². The fraction of sp³-hybridized carbons (Fsp3) is 0.238. The molecule has 0 saturated carbocycles. The molecule has 0 radical (unpaired) electrons. The zero-order valence-electron chi connectivity index (χ0n) is 15.2. The average molecular weight is 346 g/mol. The average Bonchev–Trinajstić information content (AvgIpc) is 3.15. The van der Waals surface area contributed by atoms with Crippen LogP contribution in [-0.2, 0) is 0 Å². The normalized spacial score (nSPS) is 18.0. The van der Waals surface area contributed by atoms with E-state index in [1.807, 2.05) is 24.4 Å². The summed E-state index contributed by atoms with van der Waals surface area (Å²) in [5.41, 5.74) is 4.35. The molecule has 2 heterocycles. The third-order valence-electron chi connectivity index (χ3n) is 4.92. The van der Waals surface area contributed by atoms with Gasteiger partial charge in [-0.05, 0) is 49.8 Å². The van der Waals surface area contributed by atoms with Crippen molar-refractivity contribution in [1.29, 1.82) is 0 Å². The number of allylic oxidation sites excluding steroid dienone is 1. The fourth-order valence-corrected chi connectivity index (χ4v) is 3.39. The van der Waals surface area contributed by atoms with Gasteiger partial charge in [0.2, 0.25) is 0 Å². The van der Waals surface area contributed by atoms with Crippen LogP contribution in [-0.4, -0.2) is 34.1 Å². The number of aromatic amines is 1. The van der Waals surface area contributed by atoms with Crippen LogP contribution >= 0.6 is 0 Å². The summed E-state index contributed by atoms with van der Waals surface area (Å²) < 4.78 is 5.35. The molecular weight excluding hydrogens is 324 g/mol. The van der Waals surface area contributed by atoms with Crippen molar-refractivity contribution in [3.8, 4) is 5.75 Å². The van der Waals surface area contributed by atoms with Crippen molar-refractivity contribution in [3.63, 3.8) is 0 Å². The van der Waals surface area contributed by atoms with Crippen LogP contribution in [0.5, 0.6) is 5.75 Å². The van der Waals surface area contributed by atoms with E-state index in [1.165, 1.54) is 5.56 Å². The second-order valence-corrected chi connectivity index (χ2v) is 6.53. The molecule has 2 atom stereocenters. The minimum Gasteiger partial charge on any atom is -0.497 e. The Bertz CT molecular complexity index is 988. The molecule has 132 valence electrons. The molecule has 1 unspecified atom stereocenters. The van der Waals surface area contributed by atoms with Gasteiger partial charge in [-0.2, -0.15) is 5.10 Å². The van der Waals surface area contributed by atoms with Gasteiger partial charge in [0.05, 0.1) is 30.6 Å². The number of hydrogen-bond acceptors (Lipinski definition) is 4. The first kappa shape index (κ1) is 16.4. The number of nitrogens with one attached hydrogen (secondary N) is 1. The van der Waals surface area contributed by atoms with Gasteiger partial charge < -0.3 is 9.64 Å². The van der Waals surface area contributed by atoms with Crippen molar-refractivity contribution in [2.45, 2.75) is 26.1 Å². The standard InChI is InChI=1S/C21H22N4O/c1-14(16-5-4-6-19(12-16)26-3)25-10-9-20(23-15(25)2)17-7-8-21-18(11-17)13-22-24-21/h4-15H,1-3H3,(H,22,24)/t14-,15?/m0/s1. The highest BCUT2D eigenvalue weighted by Gasteiger charge is 2.21. The van der Waals surface area contributed by atoms with Crippen molar-refractivity contribution in [3.05, 3.63) is 72.1 Å². The van der Waals surface area contributed by atoms with Gasteiger partial charge in [0.1, 0.15) is 11.9 Å². The smallest absolute Gasteiger partial charge is 0.119 e. The first-order valence-corrected chi connectivity index (χ1v) is 8.76. The number of hydrogen-bond donors (Lipinski definition) is 1. The minimum absolute atomic E-state index is 0.0521. The van der Waals surface area contributed by atoms with Gasteiger partial charge in [-0.1, -0.05) is 18.2 Å². The molecule has 1 aliphatic heterocycles. The number of H-pyrrole nitrogens is 1. The molecular formula is C21H22N4O. The molecule has 0 amide bonds. The summed E-state index contributed by atoms with van der Waals surface area (Å²) in [5, 5.41) is 8.16. The lowest BCUT2D eigenvalue weighted by Gasteiger charge is -2.34. The number of methoxy groups -OCH3 is 1. The second kappa shape index (κ2) is 6.67. The summed E-state index contributed by atoms with van der Waals surface area (Å²) >= 11 is 0. The van der Waals surface area contributed by atoms with E-state index < -0.39 is 0 Å². The molecule has 0 spiro atoms. The van der Waals surface area contributed by atoms with E-state index in [4.69, 9.17) is 9.73 Å². The van der Waals surface area contributed by atoms with Crippen LogP contribution in [0.2, 0.25) is 0 Å². The third-order valence-corrected chi connectivity index (χ3v) is 4.92. The van der Waals surface area contributed by atoms with E-state index in [1.54, 1.807) is 7.11 Å². The van der Waals surface area contributed by atoms with Crippen molar-refractivity contribution in [2.75, 3.05) is 7.11 Å². The van der Waals surface area contributed by atoms with Crippen LogP contribution in [0.25, 0.3) is 10.9 Å². The van der Waals surface area contributed by atoms with E-state index in [0.717, 1.165) is 27.9 Å². The highest BCUT2D eigenvalue weighted by molar-refractivity contribution is 6.10. The van der Waals surface area contributed by atoms with Gasteiger partial charge in [-0.3, -0.25) is 10.1 Å². The maximum absolute atomic E-state index is 5.35. The van der Waals surface area contributed by atoms with Crippen LogP contribution in [0.3, 0.4) is 0 Å². The number of fused-ring (bicyclic) bond motifs is 1. The van der Waals surface area contributed by atoms with Crippen LogP contribution in [0.4, 0.5) is 0 Å². The monoisotopic (exact) mass is 346 g/mol. The molecule has 0 bridgehead atoms. The maximum Gasteiger partial charge on any atom is 0.119 e. The van der Waals surface area contributed by atoms with Crippen molar-refractivity contribution in [2.24, 2.45) is 4.99 Å². The summed E-state index contributed by atoms with van der Waals surface area (Å²) in [5.74, 6) is 0.876. The Morgan fingerprint density at radius 1 is 1.19 bits per heavy atom. The van der Waals surface area contributed by atoms with E-state index in [0.29, 0.717) is 0 Å². The Kier molecular flexibility index (Phi) is 4.21. The summed E-state index contributed by atoms with van der Waals surface area (Å²) in [7, 11) is 1.70. The van der Waals surface area contributed by atoms with Crippen LogP contribution < -0.4 is 4.74 Å². The van der Waals surface area contributed by atoms with Crippen molar-refractivity contribution < 1.29 is 4.74 Å². The Labute approximate surface area is 153 Å². The molecule has 0 fully saturated rings. The predicted molar refractivity (Wildman–Crippen MR) is 104 cm³/mol. The lowest BCUT2D eigenvalue weighted by Crippen LogP contribution is -2.33. The molecule has 26 heavy (non-hydrogen) atoms. The van der Waals surface area contributed by atoms with Gasteiger partial charge in [-0.25, -0.2) is 0 Å². The van der Waals surface area contributed by atoms with Gasteiger partial charge in [-0.15, -0.1) is 0 Å². The third kappa shape index (κ3) is 2.96. The van der Waals surface area contributed by atoms with Crippen LogP contribution in [0.1, 0.15) is 31.0 Å². The Morgan fingerprint density at radius 3 is 2.88 bits per heavy atom. The topological polar surface area (TPSA) is 53.5 Å². The Morgan fingerprint density at radius 2 is 2.08 bits per heavy atom. The zero-order chi connectivity index (χ0) is 18.1. The Hall–Kier alpha value is -3.08. The van der Waals surface area contributed by atoms with E-state index in [2.05, 4.69) is 65.5 Å². The van der Waals surface area contributed by atoms with Crippen LogP contribution in [0, 0.1) is 0 Å². The molecule has 0 saturated heterocycles. The second-order valence-electron chi connectivity index (χ2n) is 6.53. The van der Waals surface area contributed by atoms with Gasteiger partial charge in [0.25, 0.3) is 0 Å². The van der Waals surface area contributed by atoms with Crippen LogP contribution in [0.15, 0.2) is 65.9 Å². The SMILES string of the molecule is COc1cccc([C@H](C)N2C=CC(c3ccc4[nH]ncc4c3)=NC2C)c1. The van der Waals surface area contributed by atoms with Gasteiger partial charge >= 0.3 is 0 Å². The molecule has 3 aromatic rings. The maximum atomic E-state index is 5.35. The molecule has 0 aliphatic carbocycles. The number of ether oxygens (including phenoxy) is 1. The van der Waals surface area contributed by atoms with Gasteiger partial charge in [0.15, 0.2) is 0 Å². The number of benzene rings is 2. The van der Waals surface area contributed by atoms with Crippen molar-refractivity contribution in [1.82, 2.24) is 15.1 Å². The first-order valence-electron chi connectivity index (χ1n) is 8.76. The molecule has 2 aromatic carbocycles. The minimum atomic E-state index is 0.0521. The highest BCUT2D eigenvalue weighted by Crippen LogP contribution is 2.28. The molecule has 1 aromatic heterocycles. The number of aromatic nitrogens is 2. The predicted octanol–water partition coefficient (Wildman–Crippen LogP) is 4.30. The lowest BCUT2D eigenvalue weighted by atomic mass is 10.0. The molecule has 5 nitrogen and oxygen atoms in total. The van der Waals surface area contributed by atoms with Crippen molar-refractivity contribution >= 4 is 16.6 Å². The molecule has 4 rings (SSSR count). The summed E-state index contributed by atoms with van der Waals surface area (Å²) in [6.07, 6.45) is 6.11. The number of aliphatic imine (C=N–C) groups is 1. The van der Waals surface area contributed by atoms with Gasteiger partial charge in [0, 0.05) is 17.1 Å². The van der Waals surface area contributed by atoms with E-state index in [-0.39, 0.29) is 12.2 Å². The Balaban J connectivity index is 1.58. The summed E-state index contributed by atoms with van der Waals surface area (Å²) in [6.45, 7) is 4.31. The summed E-state index contributed by atoms with van der Waals surface area (Å²) in [6, 6.07) is 14.7. The molecule has 1 N–H and O–H groups in total. The lowest BCUT2D eigenvalue weighted by molar-refractivity contribution is 0.233.